The highest BCUT2D eigenvalue weighted by molar-refractivity contribution is 9.10. The van der Waals surface area contributed by atoms with Crippen molar-refractivity contribution >= 4 is 15.9 Å². The van der Waals surface area contributed by atoms with Crippen molar-refractivity contribution in [2.75, 3.05) is 19.7 Å². The van der Waals surface area contributed by atoms with Crippen LogP contribution in [0.4, 0.5) is 0 Å². The zero-order valence-electron chi connectivity index (χ0n) is 9.42. The maximum atomic E-state index is 5.84. The number of rotatable bonds is 4. The van der Waals surface area contributed by atoms with Crippen LogP contribution in [0.25, 0.3) is 0 Å². The fourth-order valence-electron chi connectivity index (χ4n) is 1.96. The molecule has 1 aliphatic rings. The zero-order valence-corrected chi connectivity index (χ0v) is 11.0. The lowest BCUT2D eigenvalue weighted by Gasteiger charge is -2.23. The molecule has 0 spiro atoms. The fraction of sp³-hybridized carbons (Fsp3) is 0.538. The first-order valence-electron chi connectivity index (χ1n) is 5.91. The molecule has 3 heteroatoms. The van der Waals surface area contributed by atoms with E-state index >= 15 is 0 Å². The molecule has 2 rings (SSSR count). The minimum absolute atomic E-state index is 0.421. The Labute approximate surface area is 106 Å². The molecule has 16 heavy (non-hydrogen) atoms. The Morgan fingerprint density at radius 1 is 1.31 bits per heavy atom. The Morgan fingerprint density at radius 2 is 2.12 bits per heavy atom. The molecule has 1 atom stereocenters. The normalized spacial score (nSPS) is 20.9. The van der Waals surface area contributed by atoms with E-state index < -0.39 is 0 Å². The quantitative estimate of drug-likeness (QED) is 0.918. The molecule has 0 saturated carbocycles. The fourth-order valence-corrected chi connectivity index (χ4v) is 2.22. The van der Waals surface area contributed by atoms with Gasteiger partial charge in [0.25, 0.3) is 0 Å². The summed E-state index contributed by atoms with van der Waals surface area (Å²) < 4.78 is 6.98. The smallest absolute Gasteiger partial charge is 0.0700 e. The van der Waals surface area contributed by atoms with Gasteiger partial charge in [0.2, 0.25) is 0 Å². The van der Waals surface area contributed by atoms with Crippen LogP contribution in [0.15, 0.2) is 28.7 Å². The molecule has 2 nitrogen and oxygen atoms in total. The van der Waals surface area contributed by atoms with Gasteiger partial charge in [-0.2, -0.15) is 0 Å². The van der Waals surface area contributed by atoms with Crippen LogP contribution in [0.1, 0.15) is 18.4 Å². The highest BCUT2D eigenvalue weighted by Gasteiger charge is 2.12. The van der Waals surface area contributed by atoms with Crippen molar-refractivity contribution in [3.05, 3.63) is 34.3 Å². The monoisotopic (exact) mass is 283 g/mol. The molecule has 0 radical (unpaired) electrons. The van der Waals surface area contributed by atoms with Gasteiger partial charge in [-0.25, -0.2) is 0 Å². The van der Waals surface area contributed by atoms with Gasteiger partial charge in [0.1, 0.15) is 0 Å². The Bertz CT molecular complexity index is 306. The van der Waals surface area contributed by atoms with Crippen molar-refractivity contribution in [3.63, 3.8) is 0 Å². The maximum Gasteiger partial charge on any atom is 0.0700 e. The Hall–Kier alpha value is -0.380. The third-order valence-corrected chi connectivity index (χ3v) is 3.44. The first kappa shape index (κ1) is 12.1. The van der Waals surface area contributed by atoms with Crippen LogP contribution in [0.5, 0.6) is 0 Å². The van der Waals surface area contributed by atoms with Crippen LogP contribution in [0.3, 0.4) is 0 Å². The minimum atomic E-state index is 0.421. The van der Waals surface area contributed by atoms with Gasteiger partial charge < -0.3 is 10.1 Å². The van der Waals surface area contributed by atoms with Crippen LogP contribution >= 0.6 is 15.9 Å². The molecule has 88 valence electrons. The van der Waals surface area contributed by atoms with Gasteiger partial charge in [0.15, 0.2) is 0 Å². The third-order valence-electron chi connectivity index (χ3n) is 2.91. The highest BCUT2D eigenvalue weighted by Crippen LogP contribution is 2.12. The first-order chi connectivity index (χ1) is 7.84. The summed E-state index contributed by atoms with van der Waals surface area (Å²) in [6.45, 7) is 2.99. The molecule has 1 saturated heterocycles. The van der Waals surface area contributed by atoms with Gasteiger partial charge in [-0.1, -0.05) is 28.1 Å². The first-order valence-corrected chi connectivity index (χ1v) is 6.70. The molecule has 0 aromatic heterocycles. The topological polar surface area (TPSA) is 21.3 Å². The van der Waals surface area contributed by atoms with Gasteiger partial charge in [0, 0.05) is 11.0 Å². The second kappa shape index (κ2) is 6.38. The summed E-state index contributed by atoms with van der Waals surface area (Å²) in [5, 5.41) is 3.36. The molecule has 1 aromatic carbocycles. The van der Waals surface area contributed by atoms with Crippen LogP contribution < -0.4 is 5.32 Å². The van der Waals surface area contributed by atoms with Gasteiger partial charge >= 0.3 is 0 Å². The lowest BCUT2D eigenvalue weighted by Crippen LogP contribution is -2.35. The number of nitrogens with one attached hydrogen (secondary N) is 1. The van der Waals surface area contributed by atoms with E-state index in [9.17, 15) is 0 Å². The third kappa shape index (κ3) is 3.89. The summed E-state index contributed by atoms with van der Waals surface area (Å²) in [5.41, 5.74) is 1.34. The highest BCUT2D eigenvalue weighted by atomic mass is 79.9. The van der Waals surface area contributed by atoms with Crippen LogP contribution in [-0.4, -0.2) is 25.8 Å². The SMILES string of the molecule is Brc1ccc(CCOC2CCCNC2)cc1. The lowest BCUT2D eigenvalue weighted by molar-refractivity contribution is 0.0390. The van der Waals surface area contributed by atoms with Crippen molar-refractivity contribution in [1.82, 2.24) is 5.32 Å². The molecule has 1 aromatic rings. The molecule has 1 N–H and O–H groups in total. The number of ether oxygens (including phenoxy) is 1. The minimum Gasteiger partial charge on any atom is -0.377 e. The molecular formula is C13H18BrNO. The van der Waals surface area contributed by atoms with E-state index in [1.54, 1.807) is 0 Å². The van der Waals surface area contributed by atoms with Crippen molar-refractivity contribution in [2.45, 2.75) is 25.4 Å². The van der Waals surface area contributed by atoms with E-state index in [2.05, 4.69) is 45.5 Å². The van der Waals surface area contributed by atoms with E-state index in [1.165, 1.54) is 18.4 Å². The Kier molecular flexibility index (Phi) is 4.82. The van der Waals surface area contributed by atoms with Crippen molar-refractivity contribution in [2.24, 2.45) is 0 Å². The summed E-state index contributed by atoms with van der Waals surface area (Å²) in [6, 6.07) is 8.45. The lowest BCUT2D eigenvalue weighted by atomic mass is 10.1. The summed E-state index contributed by atoms with van der Waals surface area (Å²) in [4.78, 5) is 0. The van der Waals surface area contributed by atoms with Gasteiger partial charge in [-0.05, 0) is 43.5 Å². The number of benzene rings is 1. The standard InChI is InChI=1S/C13H18BrNO/c14-12-5-3-11(4-6-12)7-9-16-13-2-1-8-15-10-13/h3-6,13,15H,1-2,7-10H2. The predicted molar refractivity (Wildman–Crippen MR) is 69.7 cm³/mol. The molecule has 0 amide bonds. The van der Waals surface area contributed by atoms with Crippen molar-refractivity contribution in [1.29, 1.82) is 0 Å². The van der Waals surface area contributed by atoms with Crippen LogP contribution in [0, 0.1) is 0 Å². The summed E-state index contributed by atoms with van der Waals surface area (Å²) in [5.74, 6) is 0. The van der Waals surface area contributed by atoms with Crippen molar-refractivity contribution in [3.8, 4) is 0 Å². The van der Waals surface area contributed by atoms with Crippen LogP contribution in [0.2, 0.25) is 0 Å². The molecule has 0 aliphatic carbocycles. The summed E-state index contributed by atoms with van der Waals surface area (Å²) in [7, 11) is 0. The second-order valence-corrected chi connectivity index (χ2v) is 5.13. The van der Waals surface area contributed by atoms with Gasteiger partial charge in [0.05, 0.1) is 12.7 Å². The van der Waals surface area contributed by atoms with Gasteiger partial charge in [-0.15, -0.1) is 0 Å². The van der Waals surface area contributed by atoms with Crippen LogP contribution in [-0.2, 0) is 11.2 Å². The molecule has 1 aliphatic heterocycles. The largest absolute Gasteiger partial charge is 0.377 e. The number of halogens is 1. The van der Waals surface area contributed by atoms with E-state index in [1.807, 2.05) is 0 Å². The van der Waals surface area contributed by atoms with E-state index in [0.29, 0.717) is 6.10 Å². The van der Waals surface area contributed by atoms with Gasteiger partial charge in [-0.3, -0.25) is 0 Å². The Balaban J connectivity index is 1.69. The molecule has 1 unspecified atom stereocenters. The Morgan fingerprint density at radius 3 is 2.81 bits per heavy atom. The molecular weight excluding hydrogens is 266 g/mol. The second-order valence-electron chi connectivity index (χ2n) is 4.22. The predicted octanol–water partition coefficient (Wildman–Crippen LogP) is 2.76. The molecule has 1 fully saturated rings. The van der Waals surface area contributed by atoms with Crippen molar-refractivity contribution < 1.29 is 4.74 Å². The molecule has 0 bridgehead atoms. The number of piperidine rings is 1. The number of hydrogen-bond donors (Lipinski definition) is 1. The van der Waals surface area contributed by atoms with E-state index in [0.717, 1.165) is 30.6 Å². The summed E-state index contributed by atoms with van der Waals surface area (Å²) >= 11 is 3.44. The maximum absolute atomic E-state index is 5.84. The van der Waals surface area contributed by atoms with E-state index in [4.69, 9.17) is 4.74 Å². The van der Waals surface area contributed by atoms with E-state index in [-0.39, 0.29) is 0 Å². The average Bonchev–Trinajstić information content (AvgIpc) is 2.33. The average molecular weight is 284 g/mol. The number of hydrogen-bond acceptors (Lipinski definition) is 2. The zero-order chi connectivity index (χ0) is 11.2. The molecule has 1 heterocycles. The summed E-state index contributed by atoms with van der Waals surface area (Å²) in [6.07, 6.45) is 3.87.